The molecule has 1 aliphatic carbocycles. The zero-order valence-corrected chi connectivity index (χ0v) is 17.6. The Balaban J connectivity index is 1.88. The van der Waals surface area contributed by atoms with E-state index in [-0.39, 0.29) is 17.2 Å². The number of aryl methyl sites for hydroxylation is 1. The van der Waals surface area contributed by atoms with Crippen molar-refractivity contribution in [2.24, 2.45) is 5.73 Å². The highest BCUT2D eigenvalue weighted by Gasteiger charge is 2.41. The third-order valence-electron chi connectivity index (χ3n) is 5.68. The second kappa shape index (κ2) is 7.89. The molecule has 160 valence electrons. The summed E-state index contributed by atoms with van der Waals surface area (Å²) in [7, 11) is 0. The van der Waals surface area contributed by atoms with Crippen molar-refractivity contribution < 1.29 is 18.0 Å². The molecule has 1 aromatic carbocycles. The molecular weight excluding hydrogens is 423 g/mol. The van der Waals surface area contributed by atoms with Gasteiger partial charge in [-0.1, -0.05) is 6.92 Å². The lowest BCUT2D eigenvalue weighted by Crippen LogP contribution is -2.38. The SMILES string of the molecule is CCc1ccc(C2C(C#N)=C(N)N(c3ccc(C(F)(F)F)cc3)C3=C2C(=O)CCC3)s1. The predicted molar refractivity (Wildman–Crippen MR) is 113 cm³/mol. The van der Waals surface area contributed by atoms with E-state index in [2.05, 4.69) is 6.07 Å². The molecule has 1 unspecified atom stereocenters. The van der Waals surface area contributed by atoms with Crippen molar-refractivity contribution in [1.29, 1.82) is 5.26 Å². The van der Waals surface area contributed by atoms with Gasteiger partial charge in [0.25, 0.3) is 0 Å². The summed E-state index contributed by atoms with van der Waals surface area (Å²) in [6.45, 7) is 2.04. The number of benzene rings is 1. The molecule has 8 heteroatoms. The maximum Gasteiger partial charge on any atom is 0.416 e. The zero-order chi connectivity index (χ0) is 22.3. The molecule has 4 rings (SSSR count). The van der Waals surface area contributed by atoms with E-state index in [1.165, 1.54) is 12.1 Å². The lowest BCUT2D eigenvalue weighted by atomic mass is 9.78. The summed E-state index contributed by atoms with van der Waals surface area (Å²) in [6, 6.07) is 10.7. The average Bonchev–Trinajstić information content (AvgIpc) is 3.21. The van der Waals surface area contributed by atoms with Gasteiger partial charge in [-0.3, -0.25) is 9.69 Å². The van der Waals surface area contributed by atoms with Crippen molar-refractivity contribution in [1.82, 2.24) is 0 Å². The number of allylic oxidation sites excluding steroid dienone is 3. The van der Waals surface area contributed by atoms with Gasteiger partial charge < -0.3 is 5.73 Å². The summed E-state index contributed by atoms with van der Waals surface area (Å²) in [5.41, 5.74) is 7.51. The highest BCUT2D eigenvalue weighted by atomic mass is 32.1. The van der Waals surface area contributed by atoms with Crippen LogP contribution in [0.5, 0.6) is 0 Å². The fraction of sp³-hybridized carbons (Fsp3) is 0.304. The number of nitrogens with zero attached hydrogens (tertiary/aromatic N) is 2. The van der Waals surface area contributed by atoms with Gasteiger partial charge in [-0.2, -0.15) is 18.4 Å². The van der Waals surface area contributed by atoms with E-state index >= 15 is 0 Å². The monoisotopic (exact) mass is 443 g/mol. The maximum absolute atomic E-state index is 13.0. The molecule has 31 heavy (non-hydrogen) atoms. The maximum atomic E-state index is 13.0. The Morgan fingerprint density at radius 3 is 2.48 bits per heavy atom. The first-order valence-electron chi connectivity index (χ1n) is 9.98. The molecule has 0 saturated carbocycles. The Labute approximate surface area is 182 Å². The van der Waals surface area contributed by atoms with Crippen LogP contribution in [0.15, 0.2) is 59.1 Å². The van der Waals surface area contributed by atoms with Gasteiger partial charge >= 0.3 is 6.18 Å². The standard InChI is InChI=1S/C23H20F3N3OS/c1-2-15-10-11-19(31-15)20-16(12-27)22(28)29(17-4-3-5-18(30)21(17)20)14-8-6-13(7-9-14)23(24,25)26/h6-11,20H,2-5,28H2,1H3. The first-order valence-corrected chi connectivity index (χ1v) is 10.8. The lowest BCUT2D eigenvalue weighted by Gasteiger charge is -2.39. The van der Waals surface area contributed by atoms with Crippen molar-refractivity contribution in [3.8, 4) is 6.07 Å². The number of ketones is 1. The molecule has 0 radical (unpaired) electrons. The Kier molecular flexibility index (Phi) is 5.40. The number of hydrogen-bond acceptors (Lipinski definition) is 5. The third-order valence-corrected chi connectivity index (χ3v) is 6.98. The summed E-state index contributed by atoms with van der Waals surface area (Å²) < 4.78 is 39.0. The number of thiophene rings is 1. The van der Waals surface area contributed by atoms with Gasteiger partial charge in [-0.05, 0) is 55.7 Å². The summed E-state index contributed by atoms with van der Waals surface area (Å²) >= 11 is 1.55. The first kappa shape index (κ1) is 21.2. The Morgan fingerprint density at radius 1 is 1.19 bits per heavy atom. The lowest BCUT2D eigenvalue weighted by molar-refractivity contribution is -0.137. The van der Waals surface area contributed by atoms with Gasteiger partial charge in [-0.25, -0.2) is 0 Å². The molecule has 0 amide bonds. The fourth-order valence-electron chi connectivity index (χ4n) is 4.21. The molecule has 1 aromatic heterocycles. The van der Waals surface area contributed by atoms with E-state index in [0.29, 0.717) is 36.2 Å². The van der Waals surface area contributed by atoms with Crippen molar-refractivity contribution >= 4 is 22.8 Å². The zero-order valence-electron chi connectivity index (χ0n) is 16.8. The molecule has 1 aliphatic heterocycles. The predicted octanol–water partition coefficient (Wildman–Crippen LogP) is 5.63. The fourth-order valence-corrected chi connectivity index (χ4v) is 5.28. The molecule has 2 aromatic rings. The smallest absolute Gasteiger partial charge is 0.384 e. The van der Waals surface area contributed by atoms with Crippen LogP contribution in [0.2, 0.25) is 0 Å². The van der Waals surface area contributed by atoms with Gasteiger partial charge in [0, 0.05) is 33.1 Å². The van der Waals surface area contributed by atoms with E-state index < -0.39 is 17.7 Å². The number of carbonyl (C=O) groups excluding carboxylic acids is 1. The number of hydrogen-bond donors (Lipinski definition) is 1. The quantitative estimate of drug-likeness (QED) is 0.667. The molecule has 0 saturated heterocycles. The van der Waals surface area contributed by atoms with E-state index in [9.17, 15) is 23.2 Å². The van der Waals surface area contributed by atoms with Gasteiger partial charge in [0.1, 0.15) is 5.82 Å². The number of nitriles is 1. The number of nitrogens with two attached hydrogens (primary N) is 1. The highest BCUT2D eigenvalue weighted by molar-refractivity contribution is 7.12. The van der Waals surface area contributed by atoms with Crippen molar-refractivity contribution in [2.45, 2.75) is 44.7 Å². The molecule has 4 nitrogen and oxygen atoms in total. The minimum Gasteiger partial charge on any atom is -0.384 e. The second-order valence-corrected chi connectivity index (χ2v) is 8.72. The van der Waals surface area contributed by atoms with E-state index in [1.54, 1.807) is 16.2 Å². The van der Waals surface area contributed by atoms with Crippen LogP contribution in [0, 0.1) is 11.3 Å². The largest absolute Gasteiger partial charge is 0.416 e. The number of halogens is 3. The summed E-state index contributed by atoms with van der Waals surface area (Å²) in [5, 5.41) is 9.96. The van der Waals surface area contributed by atoms with Gasteiger partial charge in [0.2, 0.25) is 0 Å². The van der Waals surface area contributed by atoms with Crippen LogP contribution in [-0.4, -0.2) is 5.78 Å². The summed E-state index contributed by atoms with van der Waals surface area (Å²) in [6.07, 6.45) is -2.05. The number of alkyl halides is 3. The first-order chi connectivity index (χ1) is 14.8. The van der Waals surface area contributed by atoms with Crippen LogP contribution < -0.4 is 10.6 Å². The normalized spacial score (nSPS) is 19.5. The summed E-state index contributed by atoms with van der Waals surface area (Å²) in [4.78, 5) is 16.6. The molecule has 2 N–H and O–H groups in total. The van der Waals surface area contributed by atoms with Crippen molar-refractivity contribution in [3.05, 3.63) is 74.4 Å². The Hall–Kier alpha value is -3.05. The topological polar surface area (TPSA) is 70.1 Å². The van der Waals surface area contributed by atoms with Crippen LogP contribution >= 0.6 is 11.3 Å². The minimum atomic E-state index is -4.45. The van der Waals surface area contributed by atoms with Crippen LogP contribution in [0.3, 0.4) is 0 Å². The van der Waals surface area contributed by atoms with Crippen LogP contribution in [0.1, 0.15) is 47.4 Å². The molecule has 2 aliphatic rings. The number of Topliss-reactive ketones (excluding diaryl/α,β-unsaturated/α-hetero) is 1. The minimum absolute atomic E-state index is 0.0464. The number of carbonyl (C=O) groups is 1. The summed E-state index contributed by atoms with van der Waals surface area (Å²) in [5.74, 6) is -0.425. The molecule has 1 atom stereocenters. The Morgan fingerprint density at radius 2 is 1.90 bits per heavy atom. The van der Waals surface area contributed by atoms with Crippen molar-refractivity contribution in [3.63, 3.8) is 0 Å². The number of rotatable bonds is 3. The van der Waals surface area contributed by atoms with Crippen LogP contribution in [-0.2, 0) is 17.4 Å². The Bertz CT molecular complexity index is 1140. The van der Waals surface area contributed by atoms with Gasteiger partial charge in [0.15, 0.2) is 5.78 Å². The van der Waals surface area contributed by atoms with E-state index in [1.807, 2.05) is 19.1 Å². The van der Waals surface area contributed by atoms with E-state index in [0.717, 1.165) is 28.3 Å². The van der Waals surface area contributed by atoms with Crippen molar-refractivity contribution in [2.75, 3.05) is 4.90 Å². The van der Waals surface area contributed by atoms with Crippen LogP contribution in [0.4, 0.5) is 18.9 Å². The molecule has 0 spiro atoms. The third kappa shape index (κ3) is 3.63. The average molecular weight is 443 g/mol. The molecule has 0 bridgehead atoms. The van der Waals surface area contributed by atoms with Crippen LogP contribution in [0.25, 0.3) is 0 Å². The molecule has 0 fully saturated rings. The second-order valence-electron chi connectivity index (χ2n) is 7.52. The van der Waals surface area contributed by atoms with Gasteiger partial charge in [0.05, 0.1) is 23.1 Å². The van der Waals surface area contributed by atoms with E-state index in [4.69, 9.17) is 5.73 Å². The van der Waals surface area contributed by atoms with Gasteiger partial charge in [-0.15, -0.1) is 11.3 Å². The molecular formula is C23H20F3N3OS. The number of anilines is 1. The highest BCUT2D eigenvalue weighted by Crippen LogP contribution is 2.47. The molecule has 2 heterocycles.